The van der Waals surface area contributed by atoms with Gasteiger partial charge in [0, 0.05) is 36.3 Å². The number of hydrogen-bond donors (Lipinski definition) is 1. The smallest absolute Gasteiger partial charge is 0.0437 e. The molecule has 0 aliphatic heterocycles. The van der Waals surface area contributed by atoms with Crippen LogP contribution in [0.3, 0.4) is 0 Å². The van der Waals surface area contributed by atoms with Crippen molar-refractivity contribution in [1.29, 1.82) is 0 Å². The number of nitrogens with one attached hydrogen (secondary N) is 1. The van der Waals surface area contributed by atoms with Gasteiger partial charge in [-0.3, -0.25) is 0 Å². The van der Waals surface area contributed by atoms with Gasteiger partial charge in [0.1, 0.15) is 0 Å². The second kappa shape index (κ2) is 6.63. The van der Waals surface area contributed by atoms with Crippen molar-refractivity contribution in [2.45, 2.75) is 32.0 Å². The van der Waals surface area contributed by atoms with E-state index >= 15 is 0 Å². The third-order valence-electron chi connectivity index (χ3n) is 3.93. The van der Waals surface area contributed by atoms with Gasteiger partial charge in [-0.1, -0.05) is 52.3 Å². The van der Waals surface area contributed by atoms with E-state index in [4.69, 9.17) is 0 Å². The SMILES string of the molecule is CN(Cc1ccccc1Br)c1ccccc1CNC1CC1. The number of para-hydroxylation sites is 1. The van der Waals surface area contributed by atoms with Crippen molar-refractivity contribution in [3.05, 3.63) is 64.1 Å². The molecular weight excluding hydrogens is 324 g/mol. The maximum absolute atomic E-state index is 3.63. The van der Waals surface area contributed by atoms with Gasteiger partial charge in [0.25, 0.3) is 0 Å². The van der Waals surface area contributed by atoms with Crippen LogP contribution in [0.1, 0.15) is 24.0 Å². The molecule has 1 N–H and O–H groups in total. The van der Waals surface area contributed by atoms with Crippen molar-refractivity contribution in [2.75, 3.05) is 11.9 Å². The Morgan fingerprint density at radius 3 is 2.43 bits per heavy atom. The second-order valence-corrected chi connectivity index (χ2v) is 6.59. The van der Waals surface area contributed by atoms with E-state index in [1.54, 1.807) is 0 Å². The fraction of sp³-hybridized carbons (Fsp3) is 0.333. The van der Waals surface area contributed by atoms with Gasteiger partial charge < -0.3 is 10.2 Å². The molecule has 2 aromatic carbocycles. The Morgan fingerprint density at radius 1 is 1.05 bits per heavy atom. The summed E-state index contributed by atoms with van der Waals surface area (Å²) in [5.41, 5.74) is 3.99. The van der Waals surface area contributed by atoms with Crippen LogP contribution in [-0.4, -0.2) is 13.1 Å². The molecule has 0 atom stereocenters. The fourth-order valence-electron chi connectivity index (χ4n) is 2.54. The highest BCUT2D eigenvalue weighted by Gasteiger charge is 2.20. The highest BCUT2D eigenvalue weighted by molar-refractivity contribution is 9.10. The first-order valence-electron chi connectivity index (χ1n) is 7.50. The van der Waals surface area contributed by atoms with E-state index in [9.17, 15) is 0 Å². The molecule has 0 heterocycles. The van der Waals surface area contributed by atoms with Gasteiger partial charge >= 0.3 is 0 Å². The highest BCUT2D eigenvalue weighted by Crippen LogP contribution is 2.25. The lowest BCUT2D eigenvalue weighted by Crippen LogP contribution is -2.21. The minimum absolute atomic E-state index is 0.742. The van der Waals surface area contributed by atoms with E-state index in [0.29, 0.717) is 0 Å². The molecule has 0 radical (unpaired) electrons. The summed E-state index contributed by atoms with van der Waals surface area (Å²) in [6.45, 7) is 1.86. The van der Waals surface area contributed by atoms with Gasteiger partial charge in [-0.05, 0) is 36.1 Å². The van der Waals surface area contributed by atoms with E-state index in [2.05, 4.69) is 81.7 Å². The topological polar surface area (TPSA) is 15.3 Å². The minimum atomic E-state index is 0.742. The number of anilines is 1. The van der Waals surface area contributed by atoms with Crippen LogP contribution >= 0.6 is 15.9 Å². The van der Waals surface area contributed by atoms with Crippen molar-refractivity contribution in [2.24, 2.45) is 0 Å². The number of benzene rings is 2. The predicted molar refractivity (Wildman–Crippen MR) is 92.6 cm³/mol. The molecule has 1 fully saturated rings. The van der Waals surface area contributed by atoms with Gasteiger partial charge in [-0.15, -0.1) is 0 Å². The lowest BCUT2D eigenvalue weighted by molar-refractivity contribution is 0.685. The quantitative estimate of drug-likeness (QED) is 0.838. The maximum atomic E-state index is 3.63. The van der Waals surface area contributed by atoms with Gasteiger partial charge in [0.15, 0.2) is 0 Å². The molecule has 110 valence electrons. The summed E-state index contributed by atoms with van der Waals surface area (Å²) >= 11 is 3.63. The highest BCUT2D eigenvalue weighted by atomic mass is 79.9. The molecule has 3 rings (SSSR count). The summed E-state index contributed by atoms with van der Waals surface area (Å²) in [5.74, 6) is 0. The van der Waals surface area contributed by atoms with Gasteiger partial charge in [0.2, 0.25) is 0 Å². The molecule has 2 aromatic rings. The van der Waals surface area contributed by atoms with Crippen LogP contribution in [0.2, 0.25) is 0 Å². The molecule has 0 unspecified atom stereocenters. The molecule has 0 aromatic heterocycles. The molecule has 0 saturated heterocycles. The summed E-state index contributed by atoms with van der Waals surface area (Å²) in [6.07, 6.45) is 2.66. The van der Waals surface area contributed by atoms with Crippen LogP contribution < -0.4 is 10.2 Å². The first kappa shape index (κ1) is 14.6. The van der Waals surface area contributed by atoms with Gasteiger partial charge in [0.05, 0.1) is 0 Å². The molecule has 1 aliphatic rings. The molecular formula is C18H21BrN2. The summed E-state index contributed by atoms with van der Waals surface area (Å²) < 4.78 is 1.17. The molecule has 0 spiro atoms. The Bertz CT molecular complexity index is 608. The summed E-state index contributed by atoms with van der Waals surface area (Å²) in [5, 5.41) is 3.61. The molecule has 2 nitrogen and oxygen atoms in total. The summed E-state index contributed by atoms with van der Waals surface area (Å²) in [6, 6.07) is 17.8. The van der Waals surface area contributed by atoms with Crippen molar-refractivity contribution in [3.63, 3.8) is 0 Å². The van der Waals surface area contributed by atoms with Crippen LogP contribution in [0.4, 0.5) is 5.69 Å². The van der Waals surface area contributed by atoms with Crippen LogP contribution in [-0.2, 0) is 13.1 Å². The largest absolute Gasteiger partial charge is 0.370 e. The average molecular weight is 345 g/mol. The van der Waals surface area contributed by atoms with Crippen LogP contribution in [0.25, 0.3) is 0 Å². The molecule has 1 saturated carbocycles. The van der Waals surface area contributed by atoms with Crippen LogP contribution in [0.15, 0.2) is 53.0 Å². The van der Waals surface area contributed by atoms with Crippen molar-refractivity contribution in [3.8, 4) is 0 Å². The third-order valence-corrected chi connectivity index (χ3v) is 4.70. The van der Waals surface area contributed by atoms with E-state index in [-0.39, 0.29) is 0 Å². The molecule has 21 heavy (non-hydrogen) atoms. The van der Waals surface area contributed by atoms with E-state index < -0.39 is 0 Å². The van der Waals surface area contributed by atoms with Crippen molar-refractivity contribution < 1.29 is 0 Å². The summed E-state index contributed by atoms with van der Waals surface area (Å²) in [7, 11) is 2.16. The van der Waals surface area contributed by atoms with E-state index in [1.807, 2.05) is 0 Å². The lowest BCUT2D eigenvalue weighted by atomic mass is 10.1. The van der Waals surface area contributed by atoms with Gasteiger partial charge in [-0.25, -0.2) is 0 Å². The zero-order valence-corrected chi connectivity index (χ0v) is 13.9. The zero-order valence-electron chi connectivity index (χ0n) is 12.3. The summed E-state index contributed by atoms with van der Waals surface area (Å²) in [4.78, 5) is 2.32. The zero-order chi connectivity index (χ0) is 14.7. The van der Waals surface area contributed by atoms with E-state index in [0.717, 1.165) is 19.1 Å². The average Bonchev–Trinajstić information content (AvgIpc) is 3.32. The molecule has 3 heteroatoms. The van der Waals surface area contributed by atoms with Crippen molar-refractivity contribution in [1.82, 2.24) is 5.32 Å². The van der Waals surface area contributed by atoms with Gasteiger partial charge in [-0.2, -0.15) is 0 Å². The molecule has 1 aliphatic carbocycles. The van der Waals surface area contributed by atoms with E-state index in [1.165, 1.54) is 34.1 Å². The second-order valence-electron chi connectivity index (χ2n) is 5.73. The molecule has 0 bridgehead atoms. The number of hydrogen-bond acceptors (Lipinski definition) is 2. The lowest BCUT2D eigenvalue weighted by Gasteiger charge is -2.23. The molecule has 0 amide bonds. The normalized spacial score (nSPS) is 14.2. The predicted octanol–water partition coefficient (Wildman–Crippen LogP) is 4.34. The first-order chi connectivity index (χ1) is 10.2. The minimum Gasteiger partial charge on any atom is -0.370 e. The number of halogens is 1. The first-order valence-corrected chi connectivity index (χ1v) is 8.29. The Morgan fingerprint density at radius 2 is 1.71 bits per heavy atom. The Labute approximate surface area is 135 Å². The number of rotatable bonds is 6. The standard InChI is InChI=1S/C18H21BrN2/c1-21(13-15-7-2-4-8-17(15)19)18-9-5-3-6-14(18)12-20-16-10-11-16/h2-9,16,20H,10-13H2,1H3. The maximum Gasteiger partial charge on any atom is 0.0437 e. The van der Waals surface area contributed by atoms with Crippen molar-refractivity contribution >= 4 is 21.6 Å². The number of nitrogens with zero attached hydrogens (tertiary/aromatic N) is 1. The van der Waals surface area contributed by atoms with Crippen LogP contribution in [0.5, 0.6) is 0 Å². The Hall–Kier alpha value is -1.32. The Balaban J connectivity index is 1.74. The van der Waals surface area contributed by atoms with Crippen LogP contribution in [0, 0.1) is 0 Å². The third kappa shape index (κ3) is 3.86. The Kier molecular flexibility index (Phi) is 4.61. The fourth-order valence-corrected chi connectivity index (χ4v) is 2.95. The monoisotopic (exact) mass is 344 g/mol.